The summed E-state index contributed by atoms with van der Waals surface area (Å²) in [5.74, 6) is 0.722. The number of benzene rings is 3. The minimum Gasteiger partial charge on any atom is -0.489 e. The standard InChI is InChI=1S/C28H35N5O3.BrH/c1-2-3-9-26(31-19-18-21-10-12-23(13-11-21)32-27(29)34)33(28(30)35)24-14-16-25(17-15-24)36-20-22-7-5-4-6-8-22;/h4-8,10-17,26,31H,2-3,9,18-20H2,1H3,(H2,30,35)(H3,29,32,34);1H. The molecule has 0 spiro atoms. The van der Waals surface area contributed by atoms with Crippen molar-refractivity contribution in [2.45, 2.75) is 45.4 Å². The lowest BCUT2D eigenvalue weighted by molar-refractivity contribution is 0.249. The average molecular weight is 571 g/mol. The molecule has 0 aliphatic carbocycles. The van der Waals surface area contributed by atoms with Gasteiger partial charge in [-0.1, -0.05) is 62.2 Å². The first-order valence-electron chi connectivity index (χ1n) is 12.2. The number of urea groups is 2. The third-order valence-corrected chi connectivity index (χ3v) is 5.76. The fourth-order valence-electron chi connectivity index (χ4n) is 3.90. The first-order valence-corrected chi connectivity index (χ1v) is 12.2. The number of nitrogens with one attached hydrogen (secondary N) is 2. The van der Waals surface area contributed by atoms with Gasteiger partial charge in [0.05, 0.1) is 6.17 Å². The van der Waals surface area contributed by atoms with E-state index in [1.807, 2.05) is 78.9 Å². The zero-order chi connectivity index (χ0) is 25.8. The van der Waals surface area contributed by atoms with Crippen LogP contribution in [0.4, 0.5) is 21.0 Å². The molecule has 0 bridgehead atoms. The second-order valence-corrected chi connectivity index (χ2v) is 8.52. The summed E-state index contributed by atoms with van der Waals surface area (Å²) in [5, 5.41) is 6.05. The highest BCUT2D eigenvalue weighted by molar-refractivity contribution is 8.93. The van der Waals surface area contributed by atoms with Crippen LogP contribution in [-0.2, 0) is 13.0 Å². The number of amides is 4. The van der Waals surface area contributed by atoms with E-state index in [-0.39, 0.29) is 23.1 Å². The van der Waals surface area contributed by atoms with Crippen molar-refractivity contribution in [3.63, 3.8) is 0 Å². The van der Waals surface area contributed by atoms with E-state index in [4.69, 9.17) is 16.2 Å². The molecule has 0 heterocycles. The van der Waals surface area contributed by atoms with Crippen molar-refractivity contribution in [3.8, 4) is 5.75 Å². The molecular formula is C28H36BrN5O3. The Bertz CT molecular complexity index is 1100. The van der Waals surface area contributed by atoms with Gasteiger partial charge in [0.2, 0.25) is 0 Å². The number of halogens is 1. The van der Waals surface area contributed by atoms with Crippen molar-refractivity contribution in [2.75, 3.05) is 16.8 Å². The van der Waals surface area contributed by atoms with E-state index in [1.54, 1.807) is 4.90 Å². The smallest absolute Gasteiger partial charge is 0.320 e. The molecule has 6 N–H and O–H groups in total. The minimum absolute atomic E-state index is 0. The van der Waals surface area contributed by atoms with Gasteiger partial charge in [0.1, 0.15) is 12.4 Å². The predicted molar refractivity (Wildman–Crippen MR) is 154 cm³/mol. The summed E-state index contributed by atoms with van der Waals surface area (Å²) in [7, 11) is 0. The van der Waals surface area contributed by atoms with Crippen molar-refractivity contribution in [1.29, 1.82) is 0 Å². The molecular weight excluding hydrogens is 534 g/mol. The Morgan fingerprint density at radius 2 is 1.59 bits per heavy atom. The van der Waals surface area contributed by atoms with E-state index in [0.717, 1.165) is 42.6 Å². The molecule has 3 rings (SSSR count). The molecule has 0 saturated carbocycles. The van der Waals surface area contributed by atoms with Crippen LogP contribution in [0.15, 0.2) is 78.9 Å². The van der Waals surface area contributed by atoms with E-state index in [2.05, 4.69) is 17.6 Å². The van der Waals surface area contributed by atoms with E-state index in [0.29, 0.717) is 24.5 Å². The molecule has 1 atom stereocenters. The molecule has 0 aliphatic heterocycles. The molecule has 4 amide bonds. The van der Waals surface area contributed by atoms with Gasteiger partial charge in [-0.3, -0.25) is 10.2 Å². The topological polar surface area (TPSA) is 123 Å². The lowest BCUT2D eigenvalue weighted by Gasteiger charge is -2.31. The van der Waals surface area contributed by atoms with Crippen LogP contribution in [0.25, 0.3) is 0 Å². The quantitative estimate of drug-likeness (QED) is 0.201. The molecule has 198 valence electrons. The van der Waals surface area contributed by atoms with Crippen molar-refractivity contribution in [3.05, 3.63) is 90.0 Å². The van der Waals surface area contributed by atoms with Crippen LogP contribution in [0.5, 0.6) is 5.75 Å². The van der Waals surface area contributed by atoms with Crippen molar-refractivity contribution >= 4 is 40.4 Å². The molecule has 3 aromatic carbocycles. The third-order valence-electron chi connectivity index (χ3n) is 5.76. The van der Waals surface area contributed by atoms with Crippen LogP contribution in [0, 0.1) is 0 Å². The van der Waals surface area contributed by atoms with Gasteiger partial charge < -0.3 is 21.5 Å². The van der Waals surface area contributed by atoms with Gasteiger partial charge in [0.25, 0.3) is 0 Å². The van der Waals surface area contributed by atoms with E-state index < -0.39 is 12.1 Å². The fraction of sp³-hybridized carbons (Fsp3) is 0.286. The highest BCUT2D eigenvalue weighted by atomic mass is 79.9. The highest BCUT2D eigenvalue weighted by Crippen LogP contribution is 2.23. The summed E-state index contributed by atoms with van der Waals surface area (Å²) >= 11 is 0. The molecule has 0 saturated heterocycles. The van der Waals surface area contributed by atoms with Gasteiger partial charge in [-0.15, -0.1) is 17.0 Å². The van der Waals surface area contributed by atoms with E-state index in [9.17, 15) is 9.59 Å². The monoisotopic (exact) mass is 569 g/mol. The van der Waals surface area contributed by atoms with Gasteiger partial charge in [-0.05, 0) is 60.4 Å². The van der Waals surface area contributed by atoms with Crippen LogP contribution < -0.4 is 31.7 Å². The van der Waals surface area contributed by atoms with Gasteiger partial charge >= 0.3 is 12.1 Å². The summed E-state index contributed by atoms with van der Waals surface area (Å²) in [6, 6.07) is 23.8. The van der Waals surface area contributed by atoms with Crippen LogP contribution in [0.2, 0.25) is 0 Å². The number of carbonyl (C=O) groups is 2. The van der Waals surface area contributed by atoms with Crippen LogP contribution in [-0.4, -0.2) is 24.8 Å². The van der Waals surface area contributed by atoms with Gasteiger partial charge in [0, 0.05) is 17.9 Å². The Balaban J connectivity index is 0.00000481. The Kier molecular flexibility index (Phi) is 12.5. The van der Waals surface area contributed by atoms with Crippen molar-refractivity contribution in [2.24, 2.45) is 11.5 Å². The van der Waals surface area contributed by atoms with Gasteiger partial charge in [-0.2, -0.15) is 0 Å². The maximum Gasteiger partial charge on any atom is 0.320 e. The zero-order valence-electron chi connectivity index (χ0n) is 21.1. The minimum atomic E-state index is -0.592. The number of anilines is 2. The molecule has 0 radical (unpaired) electrons. The first kappa shape index (κ1) is 29.7. The Morgan fingerprint density at radius 1 is 0.919 bits per heavy atom. The number of nitrogens with zero attached hydrogens (tertiary/aromatic N) is 1. The largest absolute Gasteiger partial charge is 0.489 e. The molecule has 0 aliphatic rings. The maximum absolute atomic E-state index is 12.5. The number of hydrogen-bond acceptors (Lipinski definition) is 4. The molecule has 3 aromatic rings. The third kappa shape index (κ3) is 9.78. The molecule has 1 unspecified atom stereocenters. The summed E-state index contributed by atoms with van der Waals surface area (Å²) in [5.41, 5.74) is 14.5. The normalized spacial score (nSPS) is 11.2. The number of carbonyl (C=O) groups excluding carboxylic acids is 2. The summed E-state index contributed by atoms with van der Waals surface area (Å²) in [4.78, 5) is 25.1. The zero-order valence-corrected chi connectivity index (χ0v) is 22.8. The molecule has 0 fully saturated rings. The van der Waals surface area contributed by atoms with Crippen LogP contribution in [0.1, 0.15) is 37.3 Å². The Labute approximate surface area is 229 Å². The number of ether oxygens (including phenoxy) is 1. The summed E-state index contributed by atoms with van der Waals surface area (Å²) in [6.07, 6.45) is 3.23. The average Bonchev–Trinajstić information content (AvgIpc) is 2.87. The number of primary amides is 2. The molecule has 9 heteroatoms. The highest BCUT2D eigenvalue weighted by Gasteiger charge is 2.23. The molecule has 8 nitrogen and oxygen atoms in total. The fourth-order valence-corrected chi connectivity index (χ4v) is 3.90. The maximum atomic E-state index is 12.5. The molecule has 0 aromatic heterocycles. The Hall–Kier alpha value is -3.56. The Morgan fingerprint density at radius 3 is 2.19 bits per heavy atom. The number of rotatable bonds is 13. The van der Waals surface area contributed by atoms with Gasteiger partial charge in [0.15, 0.2) is 0 Å². The van der Waals surface area contributed by atoms with Crippen molar-refractivity contribution < 1.29 is 14.3 Å². The SMILES string of the molecule is Br.CCCCC(NCCc1ccc(NC(N)=O)cc1)N(C(N)=O)c1ccc(OCc2ccccc2)cc1. The second kappa shape index (κ2) is 15.5. The first-order chi connectivity index (χ1) is 17.5. The van der Waals surface area contributed by atoms with Crippen LogP contribution in [0.3, 0.4) is 0 Å². The lowest BCUT2D eigenvalue weighted by atomic mass is 10.1. The number of hydrogen-bond donors (Lipinski definition) is 4. The molecule has 37 heavy (non-hydrogen) atoms. The lowest BCUT2D eigenvalue weighted by Crippen LogP contribution is -2.51. The summed E-state index contributed by atoms with van der Waals surface area (Å²) in [6.45, 7) is 3.24. The van der Waals surface area contributed by atoms with Crippen molar-refractivity contribution in [1.82, 2.24) is 5.32 Å². The van der Waals surface area contributed by atoms with E-state index in [1.165, 1.54) is 0 Å². The predicted octanol–water partition coefficient (Wildman–Crippen LogP) is 5.57. The number of nitrogens with two attached hydrogens (primary N) is 2. The van der Waals surface area contributed by atoms with Crippen LogP contribution >= 0.6 is 17.0 Å². The number of unbranched alkanes of at least 4 members (excludes halogenated alkanes) is 1. The van der Waals surface area contributed by atoms with Gasteiger partial charge in [-0.25, -0.2) is 9.59 Å². The second-order valence-electron chi connectivity index (χ2n) is 8.52. The summed E-state index contributed by atoms with van der Waals surface area (Å²) < 4.78 is 5.88. The van der Waals surface area contributed by atoms with E-state index >= 15 is 0 Å².